The summed E-state index contributed by atoms with van der Waals surface area (Å²) in [6, 6.07) is 17.4. The molecule has 1 heterocycles. The third-order valence-electron chi connectivity index (χ3n) is 5.90. The molecule has 168 valence electrons. The molecule has 1 amide bonds. The van der Waals surface area contributed by atoms with E-state index in [-0.39, 0.29) is 23.6 Å². The Balaban J connectivity index is 1.44. The molecule has 1 fully saturated rings. The van der Waals surface area contributed by atoms with Gasteiger partial charge in [-0.05, 0) is 55.9 Å². The number of methoxy groups -OCH3 is 1. The topological polar surface area (TPSA) is 75.7 Å². The fraction of sp³-hybridized carbons (Fsp3) is 0.458. The van der Waals surface area contributed by atoms with Crippen molar-refractivity contribution in [2.24, 2.45) is 5.92 Å². The summed E-state index contributed by atoms with van der Waals surface area (Å²) in [5.41, 5.74) is 2.16. The molecule has 0 spiro atoms. The first-order valence-electron chi connectivity index (χ1n) is 10.8. The number of ether oxygens (including phenoxy) is 1. The van der Waals surface area contributed by atoms with E-state index in [9.17, 15) is 13.2 Å². The Morgan fingerprint density at radius 2 is 1.74 bits per heavy atom. The third kappa shape index (κ3) is 6.55. The van der Waals surface area contributed by atoms with E-state index in [2.05, 4.69) is 5.32 Å². The number of amides is 1. The van der Waals surface area contributed by atoms with Crippen LogP contribution in [0, 0.1) is 5.92 Å². The Hall–Kier alpha value is -2.38. The van der Waals surface area contributed by atoms with Crippen molar-refractivity contribution in [3.05, 3.63) is 65.7 Å². The number of piperidine rings is 1. The molecule has 6 nitrogen and oxygen atoms in total. The summed E-state index contributed by atoms with van der Waals surface area (Å²) in [5, 5.41) is 3.06. The smallest absolute Gasteiger partial charge is 0.223 e. The number of carbonyl (C=O) groups excluding carboxylic acids is 1. The highest BCUT2D eigenvalue weighted by Crippen LogP contribution is 2.23. The number of rotatable bonds is 9. The SMILES string of the molecule is COc1ccc([C@@H](C)NC(=O)C2CCN(S(=O)(=O)CCCc3ccccc3)CC2)cc1. The first kappa shape index (κ1) is 23.3. The molecule has 1 N–H and O–H groups in total. The van der Waals surface area contributed by atoms with Crippen molar-refractivity contribution in [2.45, 2.75) is 38.6 Å². The van der Waals surface area contributed by atoms with Crippen LogP contribution in [0.5, 0.6) is 5.75 Å². The fourth-order valence-electron chi connectivity index (χ4n) is 3.94. The minimum atomic E-state index is -3.29. The first-order valence-corrected chi connectivity index (χ1v) is 12.5. The van der Waals surface area contributed by atoms with Crippen LogP contribution in [-0.2, 0) is 21.2 Å². The van der Waals surface area contributed by atoms with Crippen LogP contribution in [0.4, 0.5) is 0 Å². The zero-order valence-electron chi connectivity index (χ0n) is 18.3. The number of benzene rings is 2. The van der Waals surface area contributed by atoms with Crippen LogP contribution in [0.15, 0.2) is 54.6 Å². The molecule has 7 heteroatoms. The van der Waals surface area contributed by atoms with Crippen molar-refractivity contribution < 1.29 is 17.9 Å². The van der Waals surface area contributed by atoms with Gasteiger partial charge in [-0.15, -0.1) is 0 Å². The van der Waals surface area contributed by atoms with Gasteiger partial charge in [0.2, 0.25) is 15.9 Å². The second-order valence-corrected chi connectivity index (χ2v) is 10.2. The molecule has 1 saturated heterocycles. The lowest BCUT2D eigenvalue weighted by molar-refractivity contribution is -0.126. The molecule has 31 heavy (non-hydrogen) atoms. The quantitative estimate of drug-likeness (QED) is 0.642. The lowest BCUT2D eigenvalue weighted by Gasteiger charge is -2.31. The maximum Gasteiger partial charge on any atom is 0.223 e. The summed E-state index contributed by atoms with van der Waals surface area (Å²) >= 11 is 0. The molecule has 0 radical (unpaired) electrons. The molecular weight excluding hydrogens is 412 g/mol. The first-order chi connectivity index (χ1) is 14.9. The van der Waals surface area contributed by atoms with Crippen LogP contribution in [0.25, 0.3) is 0 Å². The monoisotopic (exact) mass is 444 g/mol. The number of nitrogens with one attached hydrogen (secondary N) is 1. The van der Waals surface area contributed by atoms with Gasteiger partial charge in [0.1, 0.15) is 5.75 Å². The highest BCUT2D eigenvalue weighted by molar-refractivity contribution is 7.89. The summed E-state index contributed by atoms with van der Waals surface area (Å²) in [6.07, 6.45) is 2.46. The van der Waals surface area contributed by atoms with Crippen LogP contribution < -0.4 is 10.1 Å². The number of hydrogen-bond donors (Lipinski definition) is 1. The summed E-state index contributed by atoms with van der Waals surface area (Å²) < 4.78 is 32.1. The summed E-state index contributed by atoms with van der Waals surface area (Å²) in [5.74, 6) is 0.758. The average molecular weight is 445 g/mol. The van der Waals surface area contributed by atoms with Gasteiger partial charge < -0.3 is 10.1 Å². The van der Waals surface area contributed by atoms with Gasteiger partial charge in [0.15, 0.2) is 0 Å². The van der Waals surface area contributed by atoms with Crippen molar-refractivity contribution >= 4 is 15.9 Å². The van der Waals surface area contributed by atoms with E-state index < -0.39 is 10.0 Å². The number of nitrogens with zero attached hydrogens (tertiary/aromatic N) is 1. The molecule has 0 aliphatic carbocycles. The molecule has 0 bridgehead atoms. The maximum atomic E-state index is 12.7. The predicted molar refractivity (Wildman–Crippen MR) is 122 cm³/mol. The van der Waals surface area contributed by atoms with Crippen molar-refractivity contribution in [1.29, 1.82) is 0 Å². The molecule has 2 aromatic rings. The summed E-state index contributed by atoms with van der Waals surface area (Å²) in [4.78, 5) is 12.7. The van der Waals surface area contributed by atoms with E-state index in [1.165, 1.54) is 0 Å². The van der Waals surface area contributed by atoms with Crippen molar-refractivity contribution in [3.63, 3.8) is 0 Å². The summed E-state index contributed by atoms with van der Waals surface area (Å²) in [6.45, 7) is 2.76. The molecule has 1 atom stereocenters. The van der Waals surface area contributed by atoms with E-state index in [1.807, 2.05) is 61.5 Å². The van der Waals surface area contributed by atoms with Gasteiger partial charge in [-0.3, -0.25) is 4.79 Å². The zero-order chi connectivity index (χ0) is 22.3. The van der Waals surface area contributed by atoms with Crippen molar-refractivity contribution in [3.8, 4) is 5.75 Å². The van der Waals surface area contributed by atoms with E-state index in [0.29, 0.717) is 32.4 Å². The van der Waals surface area contributed by atoms with Gasteiger partial charge in [-0.1, -0.05) is 42.5 Å². The van der Waals surface area contributed by atoms with Gasteiger partial charge in [0.05, 0.1) is 18.9 Å². The molecule has 2 aromatic carbocycles. The Bertz CT molecular complexity index is 937. The molecule has 1 aliphatic rings. The van der Waals surface area contributed by atoms with Crippen molar-refractivity contribution in [2.75, 3.05) is 26.0 Å². The Morgan fingerprint density at radius 1 is 1.10 bits per heavy atom. The Kier molecular flexibility index (Phi) is 8.09. The van der Waals surface area contributed by atoms with E-state index >= 15 is 0 Å². The standard InChI is InChI=1S/C24H32N2O4S/c1-19(21-10-12-23(30-2)13-11-21)25-24(27)22-14-16-26(17-15-22)31(28,29)18-6-9-20-7-4-3-5-8-20/h3-5,7-8,10-13,19,22H,6,9,14-18H2,1-2H3,(H,25,27)/t19-/m1/s1. The second-order valence-electron chi connectivity index (χ2n) is 8.08. The molecule has 0 unspecified atom stereocenters. The molecule has 3 rings (SSSR count). The van der Waals surface area contributed by atoms with E-state index in [4.69, 9.17) is 4.74 Å². The number of carbonyl (C=O) groups is 1. The van der Waals surface area contributed by atoms with Gasteiger partial charge in [0.25, 0.3) is 0 Å². The van der Waals surface area contributed by atoms with Gasteiger partial charge in [0, 0.05) is 19.0 Å². The molecule has 1 aliphatic heterocycles. The average Bonchev–Trinajstić information content (AvgIpc) is 2.79. The van der Waals surface area contributed by atoms with Crippen LogP contribution in [0.2, 0.25) is 0 Å². The minimum absolute atomic E-state index is 0.00977. The summed E-state index contributed by atoms with van der Waals surface area (Å²) in [7, 11) is -1.66. The van der Waals surface area contributed by atoms with Gasteiger partial charge in [-0.25, -0.2) is 12.7 Å². The highest BCUT2D eigenvalue weighted by Gasteiger charge is 2.31. The van der Waals surface area contributed by atoms with Crippen LogP contribution in [0.1, 0.15) is 43.4 Å². The minimum Gasteiger partial charge on any atom is -0.497 e. The lowest BCUT2D eigenvalue weighted by Crippen LogP contribution is -2.44. The Morgan fingerprint density at radius 3 is 2.35 bits per heavy atom. The normalized spacial score (nSPS) is 16.6. The molecule has 0 aromatic heterocycles. The van der Waals surface area contributed by atoms with Gasteiger partial charge in [-0.2, -0.15) is 0 Å². The van der Waals surface area contributed by atoms with Crippen LogP contribution in [0.3, 0.4) is 0 Å². The Labute approximate surface area is 185 Å². The molecule has 0 saturated carbocycles. The number of aryl methyl sites for hydroxylation is 1. The third-order valence-corrected chi connectivity index (χ3v) is 7.86. The van der Waals surface area contributed by atoms with Crippen molar-refractivity contribution in [1.82, 2.24) is 9.62 Å². The second kappa shape index (κ2) is 10.8. The lowest BCUT2D eigenvalue weighted by atomic mass is 9.96. The largest absolute Gasteiger partial charge is 0.497 e. The predicted octanol–water partition coefficient (Wildman–Crippen LogP) is 3.55. The number of sulfonamides is 1. The maximum absolute atomic E-state index is 12.7. The fourth-order valence-corrected chi connectivity index (χ4v) is 5.47. The van der Waals surface area contributed by atoms with E-state index in [1.54, 1.807) is 11.4 Å². The van der Waals surface area contributed by atoms with Gasteiger partial charge >= 0.3 is 0 Å². The molecular formula is C24H32N2O4S. The zero-order valence-corrected chi connectivity index (χ0v) is 19.1. The number of hydrogen-bond acceptors (Lipinski definition) is 4. The van der Waals surface area contributed by atoms with Crippen LogP contribution >= 0.6 is 0 Å². The van der Waals surface area contributed by atoms with Crippen LogP contribution in [-0.4, -0.2) is 44.6 Å². The highest BCUT2D eigenvalue weighted by atomic mass is 32.2. The van der Waals surface area contributed by atoms with E-state index in [0.717, 1.165) is 23.3 Å².